The van der Waals surface area contributed by atoms with E-state index in [2.05, 4.69) is 12.2 Å². The van der Waals surface area contributed by atoms with Crippen molar-refractivity contribution in [3.8, 4) is 0 Å². The largest absolute Gasteiger partial charge is 0.342 e. The predicted octanol–water partition coefficient (Wildman–Crippen LogP) is 2.43. The monoisotopic (exact) mass is 331 g/mol. The number of hydrogen-bond donors (Lipinski definition) is 1. The van der Waals surface area contributed by atoms with Crippen molar-refractivity contribution in [3.05, 3.63) is 29.3 Å². The molecule has 1 aromatic carbocycles. The maximum Gasteiger partial charge on any atom is 0.238 e. The standard InChI is InChI=1S/C19H29N3O2/c1-14-8-10-22(11-9-14)19(24)13-21(4)12-18(23)20-17-7-5-6-15(2)16(17)3/h5-7,14H,8-13H2,1-4H3,(H,20,23). The van der Waals surface area contributed by atoms with Gasteiger partial charge in [-0.25, -0.2) is 0 Å². The molecule has 1 aliphatic heterocycles. The van der Waals surface area contributed by atoms with E-state index >= 15 is 0 Å². The van der Waals surface area contributed by atoms with Gasteiger partial charge >= 0.3 is 0 Å². The molecule has 0 spiro atoms. The minimum Gasteiger partial charge on any atom is -0.342 e. The van der Waals surface area contributed by atoms with E-state index in [1.165, 1.54) is 0 Å². The number of likely N-dealkylation sites (N-methyl/N-ethyl adjacent to an activating group) is 1. The summed E-state index contributed by atoms with van der Waals surface area (Å²) < 4.78 is 0. The zero-order chi connectivity index (χ0) is 17.7. The van der Waals surface area contributed by atoms with Crippen LogP contribution < -0.4 is 5.32 Å². The highest BCUT2D eigenvalue weighted by atomic mass is 16.2. The lowest BCUT2D eigenvalue weighted by atomic mass is 9.99. The van der Waals surface area contributed by atoms with Gasteiger partial charge in [-0.1, -0.05) is 19.1 Å². The fourth-order valence-corrected chi connectivity index (χ4v) is 2.97. The number of carbonyl (C=O) groups is 2. The number of aryl methyl sites for hydroxylation is 1. The molecule has 2 amide bonds. The molecule has 0 aromatic heterocycles. The number of piperidine rings is 1. The molecule has 0 saturated carbocycles. The number of amides is 2. The van der Waals surface area contributed by atoms with Crippen LogP contribution in [-0.4, -0.2) is 54.8 Å². The Morgan fingerprint density at radius 1 is 1.21 bits per heavy atom. The molecule has 5 heteroatoms. The van der Waals surface area contributed by atoms with Crippen molar-refractivity contribution in [1.82, 2.24) is 9.80 Å². The third kappa shape index (κ3) is 5.06. The van der Waals surface area contributed by atoms with Gasteiger partial charge in [-0.3, -0.25) is 14.5 Å². The summed E-state index contributed by atoms with van der Waals surface area (Å²) >= 11 is 0. The second kappa shape index (κ2) is 8.29. The molecule has 0 unspecified atom stereocenters. The summed E-state index contributed by atoms with van der Waals surface area (Å²) in [4.78, 5) is 28.2. The normalized spacial score (nSPS) is 15.6. The summed E-state index contributed by atoms with van der Waals surface area (Å²) in [5.74, 6) is 0.727. The summed E-state index contributed by atoms with van der Waals surface area (Å²) in [6.07, 6.45) is 2.14. The van der Waals surface area contributed by atoms with E-state index in [9.17, 15) is 9.59 Å². The van der Waals surface area contributed by atoms with Crippen LogP contribution in [-0.2, 0) is 9.59 Å². The summed E-state index contributed by atoms with van der Waals surface area (Å²) in [5, 5.41) is 2.94. The first-order chi connectivity index (χ1) is 11.4. The maximum atomic E-state index is 12.3. The molecular weight excluding hydrogens is 302 g/mol. The predicted molar refractivity (Wildman–Crippen MR) is 97.0 cm³/mol. The molecule has 24 heavy (non-hydrogen) atoms. The van der Waals surface area contributed by atoms with E-state index in [0.717, 1.165) is 42.7 Å². The summed E-state index contributed by atoms with van der Waals surface area (Å²) in [6, 6.07) is 5.86. The Labute approximate surface area is 145 Å². The molecule has 132 valence electrons. The van der Waals surface area contributed by atoms with Crippen LogP contribution in [0.15, 0.2) is 18.2 Å². The minimum atomic E-state index is -0.0914. The third-order valence-electron chi connectivity index (χ3n) is 4.83. The Bertz CT molecular complexity index is 592. The molecule has 5 nitrogen and oxygen atoms in total. The van der Waals surface area contributed by atoms with Crippen molar-refractivity contribution in [2.75, 3.05) is 38.5 Å². The van der Waals surface area contributed by atoms with Crippen molar-refractivity contribution in [1.29, 1.82) is 0 Å². The molecular formula is C19H29N3O2. The van der Waals surface area contributed by atoms with Gasteiger partial charge in [-0.05, 0) is 56.8 Å². The van der Waals surface area contributed by atoms with E-state index in [1.54, 1.807) is 4.90 Å². The number of carbonyl (C=O) groups excluding carboxylic acids is 2. The molecule has 0 atom stereocenters. The van der Waals surface area contributed by atoms with E-state index < -0.39 is 0 Å². The zero-order valence-electron chi connectivity index (χ0n) is 15.3. The van der Waals surface area contributed by atoms with Crippen LogP contribution in [0.25, 0.3) is 0 Å². The van der Waals surface area contributed by atoms with Crippen molar-refractivity contribution in [3.63, 3.8) is 0 Å². The molecule has 0 aliphatic carbocycles. The number of nitrogens with one attached hydrogen (secondary N) is 1. The van der Waals surface area contributed by atoms with Crippen molar-refractivity contribution >= 4 is 17.5 Å². The highest BCUT2D eigenvalue weighted by Crippen LogP contribution is 2.18. The number of rotatable bonds is 5. The van der Waals surface area contributed by atoms with Gasteiger partial charge < -0.3 is 10.2 Å². The minimum absolute atomic E-state index is 0.0914. The van der Waals surface area contributed by atoms with Gasteiger partial charge in [0, 0.05) is 18.8 Å². The second-order valence-electron chi connectivity index (χ2n) is 7.03. The highest BCUT2D eigenvalue weighted by Gasteiger charge is 2.21. The summed E-state index contributed by atoms with van der Waals surface area (Å²) in [5.41, 5.74) is 3.06. The Morgan fingerprint density at radius 2 is 1.88 bits per heavy atom. The molecule has 1 saturated heterocycles. The second-order valence-corrected chi connectivity index (χ2v) is 7.03. The molecule has 0 radical (unpaired) electrons. The van der Waals surface area contributed by atoms with E-state index in [0.29, 0.717) is 5.92 Å². The molecule has 1 aromatic rings. The topological polar surface area (TPSA) is 52.7 Å². The Balaban J connectivity index is 1.81. The first-order valence-electron chi connectivity index (χ1n) is 8.69. The maximum absolute atomic E-state index is 12.3. The van der Waals surface area contributed by atoms with Crippen LogP contribution in [0.3, 0.4) is 0 Å². The lowest BCUT2D eigenvalue weighted by molar-refractivity contribution is -0.133. The third-order valence-corrected chi connectivity index (χ3v) is 4.83. The highest BCUT2D eigenvalue weighted by molar-refractivity contribution is 5.93. The first kappa shape index (κ1) is 18.5. The number of nitrogens with zero attached hydrogens (tertiary/aromatic N) is 2. The van der Waals surface area contributed by atoms with E-state index in [-0.39, 0.29) is 24.9 Å². The van der Waals surface area contributed by atoms with Crippen molar-refractivity contribution < 1.29 is 9.59 Å². The summed E-state index contributed by atoms with van der Waals surface area (Å²) in [6.45, 7) is 8.42. The Morgan fingerprint density at radius 3 is 2.54 bits per heavy atom. The van der Waals surface area contributed by atoms with Gasteiger partial charge in [0.05, 0.1) is 13.1 Å². The number of likely N-dealkylation sites (tertiary alicyclic amines) is 1. The lowest BCUT2D eigenvalue weighted by Gasteiger charge is -2.31. The van der Waals surface area contributed by atoms with E-state index in [4.69, 9.17) is 0 Å². The zero-order valence-corrected chi connectivity index (χ0v) is 15.3. The van der Waals surface area contributed by atoms with E-state index in [1.807, 2.05) is 44.0 Å². The van der Waals surface area contributed by atoms with Gasteiger partial charge in [0.2, 0.25) is 11.8 Å². The van der Waals surface area contributed by atoms with Crippen LogP contribution >= 0.6 is 0 Å². The molecule has 1 aliphatic rings. The number of hydrogen-bond acceptors (Lipinski definition) is 3. The van der Waals surface area contributed by atoms with Gasteiger partial charge in [0.25, 0.3) is 0 Å². The van der Waals surface area contributed by atoms with Crippen LogP contribution in [0.5, 0.6) is 0 Å². The number of anilines is 1. The van der Waals surface area contributed by atoms with Crippen LogP contribution in [0, 0.1) is 19.8 Å². The van der Waals surface area contributed by atoms with Crippen molar-refractivity contribution in [2.45, 2.75) is 33.6 Å². The van der Waals surface area contributed by atoms with Crippen LogP contribution in [0.1, 0.15) is 30.9 Å². The van der Waals surface area contributed by atoms with Crippen molar-refractivity contribution in [2.24, 2.45) is 5.92 Å². The fraction of sp³-hybridized carbons (Fsp3) is 0.579. The number of benzene rings is 1. The first-order valence-corrected chi connectivity index (χ1v) is 8.69. The molecule has 2 rings (SSSR count). The smallest absolute Gasteiger partial charge is 0.238 e. The van der Waals surface area contributed by atoms with Gasteiger partial charge in [-0.2, -0.15) is 0 Å². The summed E-state index contributed by atoms with van der Waals surface area (Å²) in [7, 11) is 1.81. The molecule has 1 fully saturated rings. The Hall–Kier alpha value is -1.88. The van der Waals surface area contributed by atoms with Crippen LogP contribution in [0.4, 0.5) is 5.69 Å². The van der Waals surface area contributed by atoms with Gasteiger partial charge in [-0.15, -0.1) is 0 Å². The average Bonchev–Trinajstić information content (AvgIpc) is 2.52. The molecule has 0 bridgehead atoms. The fourth-order valence-electron chi connectivity index (χ4n) is 2.97. The SMILES string of the molecule is Cc1cccc(NC(=O)CN(C)CC(=O)N2CCC(C)CC2)c1C. The quantitative estimate of drug-likeness (QED) is 0.901. The molecule has 1 N–H and O–H groups in total. The Kier molecular flexibility index (Phi) is 6.37. The van der Waals surface area contributed by atoms with Gasteiger partial charge in [0.15, 0.2) is 0 Å². The van der Waals surface area contributed by atoms with Gasteiger partial charge in [0.1, 0.15) is 0 Å². The average molecular weight is 331 g/mol. The molecule has 1 heterocycles. The van der Waals surface area contributed by atoms with Crippen LogP contribution in [0.2, 0.25) is 0 Å². The lowest BCUT2D eigenvalue weighted by Crippen LogP contribution is -2.44.